The third-order valence-corrected chi connectivity index (χ3v) is 5.90. The van der Waals surface area contributed by atoms with E-state index in [1.807, 2.05) is 27.0 Å². The van der Waals surface area contributed by atoms with E-state index >= 15 is 0 Å². The molecule has 0 bridgehead atoms. The third kappa shape index (κ3) is 3.48. The van der Waals surface area contributed by atoms with Gasteiger partial charge in [-0.3, -0.25) is 0 Å². The van der Waals surface area contributed by atoms with Crippen molar-refractivity contribution in [2.45, 2.75) is 31.7 Å². The van der Waals surface area contributed by atoms with Gasteiger partial charge in [0.1, 0.15) is 0 Å². The number of benzene rings is 1. The smallest absolute Gasteiger partial charge is 0.243 e. The third-order valence-electron chi connectivity index (χ3n) is 3.71. The van der Waals surface area contributed by atoms with Gasteiger partial charge in [-0.15, -0.1) is 0 Å². The van der Waals surface area contributed by atoms with Gasteiger partial charge in [0.2, 0.25) is 10.0 Å². The summed E-state index contributed by atoms with van der Waals surface area (Å²) in [4.78, 5) is 0.315. The Morgan fingerprint density at radius 3 is 2.67 bits per heavy atom. The zero-order valence-corrected chi connectivity index (χ0v) is 14.2. The van der Waals surface area contributed by atoms with Crippen molar-refractivity contribution in [3.63, 3.8) is 0 Å². The van der Waals surface area contributed by atoms with Gasteiger partial charge >= 0.3 is 0 Å². The highest BCUT2D eigenvalue weighted by molar-refractivity contribution is 7.89. The summed E-state index contributed by atoms with van der Waals surface area (Å²) in [5, 5.41) is 3.49. The van der Waals surface area contributed by atoms with Gasteiger partial charge < -0.3 is 5.32 Å². The maximum atomic E-state index is 12.9. The first-order valence-corrected chi connectivity index (χ1v) is 8.77. The van der Waals surface area contributed by atoms with Gasteiger partial charge in [0.15, 0.2) is 0 Å². The van der Waals surface area contributed by atoms with E-state index in [0.717, 1.165) is 23.1 Å². The molecule has 0 amide bonds. The fraction of sp³-hybridized carbons (Fsp3) is 0.467. The van der Waals surface area contributed by atoms with Crippen LogP contribution in [0.3, 0.4) is 0 Å². The summed E-state index contributed by atoms with van der Waals surface area (Å²) in [6.45, 7) is 5.36. The average Bonchev–Trinajstić information content (AvgIpc) is 2.42. The Labute approximate surface area is 131 Å². The second-order valence-corrected chi connectivity index (χ2v) is 7.74. The number of hydrogen-bond donors (Lipinski definition) is 1. The van der Waals surface area contributed by atoms with Crippen molar-refractivity contribution < 1.29 is 8.42 Å². The zero-order chi connectivity index (χ0) is 15.6. The highest BCUT2D eigenvalue weighted by Gasteiger charge is 2.28. The Morgan fingerprint density at radius 1 is 1.33 bits per heavy atom. The number of nitrogens with zero attached hydrogens (tertiary/aromatic N) is 1. The Balaban J connectivity index is 2.47. The van der Waals surface area contributed by atoms with Crippen LogP contribution in [-0.4, -0.2) is 32.9 Å². The summed E-state index contributed by atoms with van der Waals surface area (Å²) in [5.41, 5.74) is 2.76. The first kappa shape index (κ1) is 16.5. The lowest BCUT2D eigenvalue weighted by atomic mass is 10.1. The van der Waals surface area contributed by atoms with Gasteiger partial charge in [-0.2, -0.15) is 4.31 Å². The molecule has 6 heteroatoms. The van der Waals surface area contributed by atoms with Gasteiger partial charge in [-0.1, -0.05) is 23.3 Å². The summed E-state index contributed by atoms with van der Waals surface area (Å²) in [6.07, 6.45) is 2.84. The van der Waals surface area contributed by atoms with Gasteiger partial charge in [0, 0.05) is 24.7 Å². The molecule has 0 aliphatic carbocycles. The molecule has 0 radical (unpaired) electrons. The molecule has 0 spiro atoms. The van der Waals surface area contributed by atoms with Crippen molar-refractivity contribution in [2.24, 2.45) is 0 Å². The van der Waals surface area contributed by atoms with Crippen LogP contribution < -0.4 is 5.32 Å². The number of halogens is 1. The molecule has 4 nitrogen and oxygen atoms in total. The molecular formula is C15H21ClN2O2S. The van der Waals surface area contributed by atoms with Crippen molar-refractivity contribution in [1.29, 1.82) is 0 Å². The first-order valence-electron chi connectivity index (χ1n) is 6.95. The van der Waals surface area contributed by atoms with Crippen molar-refractivity contribution in [3.8, 4) is 0 Å². The van der Waals surface area contributed by atoms with E-state index in [1.54, 1.807) is 6.07 Å². The largest absolute Gasteiger partial charge is 0.316 e. The number of rotatable bonds is 4. The van der Waals surface area contributed by atoms with Crippen molar-refractivity contribution in [3.05, 3.63) is 39.9 Å². The van der Waals surface area contributed by atoms with Crippen LogP contribution in [0.5, 0.6) is 0 Å². The van der Waals surface area contributed by atoms with E-state index in [-0.39, 0.29) is 0 Å². The average molecular weight is 329 g/mol. The van der Waals surface area contributed by atoms with E-state index in [9.17, 15) is 8.42 Å². The molecule has 21 heavy (non-hydrogen) atoms. The summed E-state index contributed by atoms with van der Waals surface area (Å²) in [5.74, 6) is 0. The minimum atomic E-state index is -3.51. The summed E-state index contributed by atoms with van der Waals surface area (Å²) < 4.78 is 27.3. The lowest BCUT2D eigenvalue weighted by Crippen LogP contribution is -2.35. The predicted octanol–water partition coefficient (Wildman–Crippen LogP) is 2.71. The minimum Gasteiger partial charge on any atom is -0.316 e. The normalized spacial score (nSPS) is 16.9. The maximum Gasteiger partial charge on any atom is 0.243 e. The fourth-order valence-corrected chi connectivity index (χ4v) is 4.67. The second kappa shape index (κ2) is 6.48. The number of nitrogens with one attached hydrogen (secondary N) is 1. The second-order valence-electron chi connectivity index (χ2n) is 5.40. The monoisotopic (exact) mass is 328 g/mol. The summed E-state index contributed by atoms with van der Waals surface area (Å²) in [7, 11) is -1.68. The molecule has 1 aliphatic heterocycles. The van der Waals surface area contributed by atoms with Gasteiger partial charge in [0.25, 0.3) is 0 Å². The van der Waals surface area contributed by atoms with E-state index in [4.69, 9.17) is 11.6 Å². The van der Waals surface area contributed by atoms with Gasteiger partial charge in [0.05, 0.1) is 4.90 Å². The van der Waals surface area contributed by atoms with Crippen LogP contribution in [0.15, 0.2) is 28.7 Å². The molecule has 1 aromatic carbocycles. The van der Waals surface area contributed by atoms with Crippen LogP contribution in [-0.2, 0) is 16.6 Å². The quantitative estimate of drug-likeness (QED) is 0.865. The van der Waals surface area contributed by atoms with Gasteiger partial charge in [-0.05, 0) is 50.6 Å². The molecule has 2 rings (SSSR count). The molecular weight excluding hydrogens is 308 g/mol. The minimum absolute atomic E-state index is 0.315. The summed E-state index contributed by atoms with van der Waals surface area (Å²) in [6, 6.07) is 3.37. The van der Waals surface area contributed by atoms with Crippen LogP contribution in [0.25, 0.3) is 0 Å². The Morgan fingerprint density at radius 2 is 2.05 bits per heavy atom. The topological polar surface area (TPSA) is 49.4 Å². The standard InChI is InChI=1S/C15H21ClN2O2S/c1-11-5-4-6-18(10-11)21(19,20)15-8-14(16)7-13(9-17-3)12(15)2/h5,7-8,17H,4,6,9-10H2,1-3H3. The molecule has 1 aliphatic rings. The van der Waals surface area contributed by atoms with Crippen molar-refractivity contribution >= 4 is 21.6 Å². The predicted molar refractivity (Wildman–Crippen MR) is 86.1 cm³/mol. The van der Waals surface area contributed by atoms with E-state index in [0.29, 0.717) is 29.6 Å². The SMILES string of the molecule is CNCc1cc(Cl)cc(S(=O)(=O)N2CCC=C(C)C2)c1C. The molecule has 0 atom stereocenters. The number of hydrogen-bond acceptors (Lipinski definition) is 3. The molecule has 0 saturated heterocycles. The van der Waals surface area contributed by atoms with E-state index in [2.05, 4.69) is 11.4 Å². The molecule has 1 aromatic rings. The first-order chi connectivity index (χ1) is 9.86. The lowest BCUT2D eigenvalue weighted by Gasteiger charge is -2.26. The summed E-state index contributed by atoms with van der Waals surface area (Å²) >= 11 is 6.11. The Bertz CT molecular complexity index is 668. The zero-order valence-electron chi connectivity index (χ0n) is 12.6. The van der Waals surface area contributed by atoms with Crippen molar-refractivity contribution in [2.75, 3.05) is 20.1 Å². The lowest BCUT2D eigenvalue weighted by molar-refractivity contribution is 0.427. The molecule has 0 saturated carbocycles. The molecule has 0 aromatic heterocycles. The van der Waals surface area contributed by atoms with Crippen LogP contribution in [0.2, 0.25) is 5.02 Å². The molecule has 0 fully saturated rings. The molecule has 0 unspecified atom stereocenters. The van der Waals surface area contributed by atoms with Crippen LogP contribution in [0.4, 0.5) is 0 Å². The Hall–Kier alpha value is -0.880. The fourth-order valence-electron chi connectivity index (χ4n) is 2.57. The molecule has 1 N–H and O–H groups in total. The number of sulfonamides is 1. The maximum absolute atomic E-state index is 12.9. The Kier molecular flexibility index (Phi) is 5.09. The van der Waals surface area contributed by atoms with E-state index in [1.165, 1.54) is 4.31 Å². The van der Waals surface area contributed by atoms with E-state index < -0.39 is 10.0 Å². The van der Waals surface area contributed by atoms with Gasteiger partial charge in [-0.25, -0.2) is 8.42 Å². The molecule has 1 heterocycles. The van der Waals surface area contributed by atoms with Crippen LogP contribution in [0.1, 0.15) is 24.5 Å². The highest BCUT2D eigenvalue weighted by atomic mass is 35.5. The molecule has 116 valence electrons. The van der Waals surface area contributed by atoms with Crippen LogP contribution >= 0.6 is 11.6 Å². The van der Waals surface area contributed by atoms with Crippen LogP contribution in [0, 0.1) is 6.92 Å². The highest BCUT2D eigenvalue weighted by Crippen LogP contribution is 2.28. The van der Waals surface area contributed by atoms with Crippen molar-refractivity contribution in [1.82, 2.24) is 9.62 Å².